The number of likely N-dealkylation sites (N-methyl/N-ethyl adjacent to an activating group) is 2. The minimum absolute atomic E-state index is 0.113. The van der Waals surface area contributed by atoms with Crippen molar-refractivity contribution in [1.29, 1.82) is 0 Å². The molecular formula is C44H57F3N6O2. The molecule has 6 rings (SSSR count). The number of nitrogens with zero attached hydrogens (tertiary/aromatic N) is 5. The highest BCUT2D eigenvalue weighted by Gasteiger charge is 2.25. The van der Waals surface area contributed by atoms with E-state index < -0.39 is 6.18 Å². The summed E-state index contributed by atoms with van der Waals surface area (Å²) >= 11 is 0. The maximum Gasteiger partial charge on any atom is 0.386 e. The summed E-state index contributed by atoms with van der Waals surface area (Å²) in [6.07, 6.45) is 15.9. The van der Waals surface area contributed by atoms with Crippen molar-refractivity contribution in [3.8, 4) is 11.1 Å². The van der Waals surface area contributed by atoms with Crippen LogP contribution in [-0.2, 0) is 4.79 Å². The van der Waals surface area contributed by atoms with Crippen molar-refractivity contribution in [2.24, 2.45) is 5.92 Å². The van der Waals surface area contributed by atoms with E-state index in [1.807, 2.05) is 58.5 Å². The number of aliphatic hydroxyl groups is 1. The second-order valence-corrected chi connectivity index (χ2v) is 13.3. The molecule has 2 aromatic heterocycles. The summed E-state index contributed by atoms with van der Waals surface area (Å²) in [5, 5.41) is 12.4. The van der Waals surface area contributed by atoms with Crippen LogP contribution in [0.5, 0.6) is 0 Å². The van der Waals surface area contributed by atoms with Crippen LogP contribution in [0.15, 0.2) is 109 Å². The Morgan fingerprint density at radius 1 is 0.909 bits per heavy atom. The van der Waals surface area contributed by atoms with Gasteiger partial charge in [-0.15, -0.1) is 0 Å². The molecule has 0 radical (unpaired) electrons. The zero-order valence-electron chi connectivity index (χ0n) is 33.3. The fourth-order valence-corrected chi connectivity index (χ4v) is 6.17. The van der Waals surface area contributed by atoms with Crippen LogP contribution in [0.25, 0.3) is 39.0 Å². The Bertz CT molecular complexity index is 1920. The normalized spacial score (nSPS) is 14.5. The molecule has 3 heterocycles. The summed E-state index contributed by atoms with van der Waals surface area (Å²) in [5.41, 5.74) is 7.77. The highest BCUT2D eigenvalue weighted by molar-refractivity contribution is 5.88. The van der Waals surface area contributed by atoms with E-state index >= 15 is 0 Å². The Balaban J connectivity index is 0.000000824. The van der Waals surface area contributed by atoms with Crippen molar-refractivity contribution in [2.75, 3.05) is 61.0 Å². The quantitative estimate of drug-likeness (QED) is 0.167. The molecule has 0 bridgehead atoms. The SMILES string of the molecule is CC.CC(F)(F)F.CN(C)CCNC(=O)C1CCN(C2=CCC=C(N(C)C/C=C\c3cnc4ccc(-c5cnc6ccccc6c5)cc4c3)C=C2)CC1.CO. The van der Waals surface area contributed by atoms with E-state index in [4.69, 9.17) is 10.1 Å². The van der Waals surface area contributed by atoms with Crippen LogP contribution < -0.4 is 5.32 Å². The Morgan fingerprint density at radius 2 is 1.56 bits per heavy atom. The first-order chi connectivity index (χ1) is 26.4. The third-order valence-corrected chi connectivity index (χ3v) is 8.92. The molecule has 4 aromatic rings. The van der Waals surface area contributed by atoms with Gasteiger partial charge in [-0.25, -0.2) is 0 Å². The predicted octanol–water partition coefficient (Wildman–Crippen LogP) is 8.72. The standard InChI is InChI=1S/C39H44N6O.C2H3F3.C2H6.CH4O/c1-43(2)23-19-40-39(46)30-17-21-45(22-18-30)36-11-6-10-35(14-15-36)44(3)20-7-8-29-24-33-25-31(13-16-38(33)41-27-29)34-26-32-9-4-5-12-37(32)42-28-34;1-2(3,4)5;2*1-2/h4-5,7-16,24-28,30H,6,17-23H2,1-3H3,(H,40,46);1H3;1-2H3;2H,1H3/b8-7-;;;. The number of hydrogen-bond acceptors (Lipinski definition) is 7. The fourth-order valence-electron chi connectivity index (χ4n) is 6.17. The second-order valence-electron chi connectivity index (χ2n) is 13.3. The minimum atomic E-state index is -4.00. The van der Waals surface area contributed by atoms with Crippen LogP contribution >= 0.6 is 0 Å². The Hall–Kier alpha value is -5.00. The van der Waals surface area contributed by atoms with Crippen molar-refractivity contribution in [2.45, 2.75) is 46.2 Å². The van der Waals surface area contributed by atoms with Gasteiger partial charge in [-0.1, -0.05) is 62.4 Å². The van der Waals surface area contributed by atoms with Gasteiger partial charge in [0.25, 0.3) is 0 Å². The number of carbonyl (C=O) groups excluding carboxylic acids is 1. The number of pyridine rings is 2. The van der Waals surface area contributed by atoms with Crippen LogP contribution in [0.2, 0.25) is 0 Å². The Morgan fingerprint density at radius 3 is 2.27 bits per heavy atom. The number of para-hydroxylation sites is 1. The number of aromatic nitrogens is 2. The van der Waals surface area contributed by atoms with Gasteiger partial charge in [0, 0.05) is 99.8 Å². The van der Waals surface area contributed by atoms with E-state index in [0.29, 0.717) is 6.54 Å². The molecule has 0 spiro atoms. The number of benzene rings is 2. The van der Waals surface area contributed by atoms with Crippen LogP contribution in [0.3, 0.4) is 0 Å². The number of aliphatic hydroxyl groups excluding tert-OH is 1. The summed E-state index contributed by atoms with van der Waals surface area (Å²) in [6.45, 7) is 8.39. The van der Waals surface area contributed by atoms with Crippen molar-refractivity contribution in [1.82, 2.24) is 30.0 Å². The number of fused-ring (bicyclic) bond motifs is 2. The topological polar surface area (TPSA) is 84.8 Å². The number of allylic oxidation sites excluding steroid dienone is 4. The number of amides is 1. The van der Waals surface area contributed by atoms with Crippen LogP contribution in [0.1, 0.15) is 45.6 Å². The number of carbonyl (C=O) groups is 1. The number of alkyl halides is 3. The third-order valence-electron chi connectivity index (χ3n) is 8.92. The lowest BCUT2D eigenvalue weighted by Gasteiger charge is -2.33. The lowest BCUT2D eigenvalue weighted by Crippen LogP contribution is -2.41. The summed E-state index contributed by atoms with van der Waals surface area (Å²) in [4.78, 5) is 28.7. The van der Waals surface area contributed by atoms with Gasteiger partial charge in [-0.3, -0.25) is 14.8 Å². The van der Waals surface area contributed by atoms with Gasteiger partial charge in [0.15, 0.2) is 0 Å². The minimum Gasteiger partial charge on any atom is -0.400 e. The predicted molar refractivity (Wildman–Crippen MR) is 221 cm³/mol. The van der Waals surface area contributed by atoms with E-state index in [-0.39, 0.29) is 18.7 Å². The van der Waals surface area contributed by atoms with Crippen molar-refractivity contribution in [3.63, 3.8) is 0 Å². The number of hydrogen-bond donors (Lipinski definition) is 2. The van der Waals surface area contributed by atoms with E-state index in [1.54, 1.807) is 0 Å². The molecule has 2 aliphatic rings. The molecular weight excluding hydrogens is 702 g/mol. The molecule has 2 N–H and O–H groups in total. The monoisotopic (exact) mass is 758 g/mol. The van der Waals surface area contributed by atoms with E-state index in [0.717, 1.165) is 91.0 Å². The Labute approximate surface area is 324 Å². The Kier molecular flexibility index (Phi) is 18.1. The number of likely N-dealkylation sites (tertiary alicyclic amines) is 1. The molecule has 0 saturated carbocycles. The number of halogens is 3. The average molecular weight is 759 g/mol. The molecule has 296 valence electrons. The summed E-state index contributed by atoms with van der Waals surface area (Å²) in [6, 6.07) is 19.0. The molecule has 0 unspecified atom stereocenters. The zero-order chi connectivity index (χ0) is 40.4. The first-order valence-corrected chi connectivity index (χ1v) is 18.8. The molecule has 1 amide bonds. The highest BCUT2D eigenvalue weighted by Crippen LogP contribution is 2.27. The van der Waals surface area contributed by atoms with Crippen molar-refractivity contribution >= 4 is 33.8 Å². The molecule has 8 nitrogen and oxygen atoms in total. The maximum atomic E-state index is 12.6. The summed E-state index contributed by atoms with van der Waals surface area (Å²) < 4.78 is 31.1. The zero-order valence-corrected chi connectivity index (χ0v) is 33.3. The van der Waals surface area contributed by atoms with Gasteiger partial charge < -0.3 is 25.1 Å². The third kappa shape index (κ3) is 14.6. The van der Waals surface area contributed by atoms with Gasteiger partial charge in [-0.05, 0) is 87.0 Å². The molecule has 1 saturated heterocycles. The lowest BCUT2D eigenvalue weighted by molar-refractivity contribution is -0.126. The summed E-state index contributed by atoms with van der Waals surface area (Å²) in [7, 11) is 7.18. The molecule has 1 aliphatic carbocycles. The largest absolute Gasteiger partial charge is 0.400 e. The van der Waals surface area contributed by atoms with Crippen LogP contribution in [0, 0.1) is 5.92 Å². The highest BCUT2D eigenvalue weighted by atomic mass is 19.4. The number of nitrogens with one attached hydrogen (secondary N) is 1. The lowest BCUT2D eigenvalue weighted by atomic mass is 9.95. The molecule has 11 heteroatoms. The van der Waals surface area contributed by atoms with Crippen molar-refractivity contribution in [3.05, 3.63) is 114 Å². The van der Waals surface area contributed by atoms with E-state index in [9.17, 15) is 18.0 Å². The van der Waals surface area contributed by atoms with Gasteiger partial charge >= 0.3 is 6.18 Å². The van der Waals surface area contributed by atoms with Crippen LogP contribution in [-0.4, -0.2) is 103 Å². The van der Waals surface area contributed by atoms with Gasteiger partial charge in [0.1, 0.15) is 0 Å². The molecule has 55 heavy (non-hydrogen) atoms. The molecule has 1 aliphatic heterocycles. The van der Waals surface area contributed by atoms with Gasteiger partial charge in [0.05, 0.1) is 11.0 Å². The second kappa shape index (κ2) is 22.4. The fraction of sp³-hybridized carbons (Fsp3) is 0.386. The van der Waals surface area contributed by atoms with Gasteiger partial charge in [-0.2, -0.15) is 13.2 Å². The maximum absolute atomic E-state index is 12.6. The van der Waals surface area contributed by atoms with Crippen LogP contribution in [0.4, 0.5) is 13.2 Å². The molecule has 0 atom stereocenters. The van der Waals surface area contributed by atoms with E-state index in [1.165, 1.54) is 11.4 Å². The van der Waals surface area contributed by atoms with Crippen molar-refractivity contribution < 1.29 is 23.1 Å². The number of piperidine rings is 1. The molecule has 1 fully saturated rings. The number of rotatable bonds is 10. The summed E-state index contributed by atoms with van der Waals surface area (Å²) in [5.74, 6) is 0.315. The average Bonchev–Trinajstić information content (AvgIpc) is 3.45. The smallest absolute Gasteiger partial charge is 0.386 e. The molecule has 2 aromatic carbocycles. The van der Waals surface area contributed by atoms with Gasteiger partial charge in [0.2, 0.25) is 5.91 Å². The first kappa shape index (κ1) is 44.4. The first-order valence-electron chi connectivity index (χ1n) is 18.8. The van der Waals surface area contributed by atoms with E-state index in [2.05, 4.69) is 105 Å².